The highest BCUT2D eigenvalue weighted by molar-refractivity contribution is 7.80. The maximum atomic E-state index is 6.14. The molecule has 0 bridgehead atoms. The van der Waals surface area contributed by atoms with Gasteiger partial charge in [-0.2, -0.15) is 12.6 Å². The molecule has 2 atom stereocenters. The van der Waals surface area contributed by atoms with Gasteiger partial charge < -0.3 is 8.85 Å². The van der Waals surface area contributed by atoms with E-state index in [9.17, 15) is 0 Å². The molecule has 0 radical (unpaired) electrons. The molecule has 27 heavy (non-hydrogen) atoms. The van der Waals surface area contributed by atoms with E-state index >= 15 is 0 Å². The number of thiol groups is 1. The fourth-order valence-corrected chi connectivity index (χ4v) is 6.56. The Bertz CT molecular complexity index is 327. The van der Waals surface area contributed by atoms with E-state index in [-0.39, 0.29) is 0 Å². The summed E-state index contributed by atoms with van der Waals surface area (Å²) in [7, 11) is -2.54. The van der Waals surface area contributed by atoms with Crippen molar-refractivity contribution < 1.29 is 13.4 Å². The second-order valence-corrected chi connectivity index (χ2v) is 11.0. The van der Waals surface area contributed by atoms with Crippen LogP contribution in [0, 0.1) is 5.92 Å². The topological polar surface area (TPSA) is 39.7 Å². The van der Waals surface area contributed by atoms with Crippen molar-refractivity contribution in [2.24, 2.45) is 5.92 Å². The molecule has 0 aromatic heterocycles. The molecule has 0 aromatic carbocycles. The maximum Gasteiger partial charge on any atom is 0.517 e. The molecule has 1 heterocycles. The monoisotopic (exact) mass is 419 g/mol. The van der Waals surface area contributed by atoms with Crippen molar-refractivity contribution in [1.82, 2.24) is 5.48 Å². The molecule has 1 aliphatic rings. The van der Waals surface area contributed by atoms with Gasteiger partial charge in [0.15, 0.2) is 0 Å². The van der Waals surface area contributed by atoms with E-state index in [1.807, 2.05) is 6.92 Å². The largest absolute Gasteiger partial charge is 0.517 e. The molecule has 1 saturated heterocycles. The van der Waals surface area contributed by atoms with Gasteiger partial charge in [-0.1, -0.05) is 71.1 Å². The average Bonchev–Trinajstić information content (AvgIpc) is 2.65. The van der Waals surface area contributed by atoms with Gasteiger partial charge in [-0.3, -0.25) is 4.53 Å². The van der Waals surface area contributed by atoms with Crippen molar-refractivity contribution in [3.05, 3.63) is 0 Å². The number of hydrogen-bond acceptors (Lipinski definition) is 5. The minimum absolute atomic E-state index is 0.641. The second kappa shape index (κ2) is 17.3. The van der Waals surface area contributed by atoms with Crippen LogP contribution in [-0.2, 0) is 13.4 Å². The third-order valence-corrected chi connectivity index (χ3v) is 8.53. The lowest BCUT2D eigenvalue weighted by atomic mass is 9.97. The van der Waals surface area contributed by atoms with Crippen LogP contribution >= 0.6 is 12.6 Å². The van der Waals surface area contributed by atoms with E-state index < -0.39 is 8.80 Å². The SMILES string of the molecule is CCCCCCCCCCCCC1CCO[Si](CCCS)(OCC)ONC1. The van der Waals surface area contributed by atoms with Crippen LogP contribution in [0.25, 0.3) is 0 Å². The van der Waals surface area contributed by atoms with Crippen LogP contribution in [0.1, 0.15) is 97.3 Å². The van der Waals surface area contributed by atoms with Crippen molar-refractivity contribution in [1.29, 1.82) is 0 Å². The number of hydrogen-bond donors (Lipinski definition) is 2. The average molecular weight is 420 g/mol. The van der Waals surface area contributed by atoms with Crippen LogP contribution in [0.2, 0.25) is 6.04 Å². The lowest BCUT2D eigenvalue weighted by molar-refractivity contribution is -0.00157. The molecular formula is C21H45NO3SSi. The highest BCUT2D eigenvalue weighted by atomic mass is 32.1. The van der Waals surface area contributed by atoms with Gasteiger partial charge in [0.1, 0.15) is 0 Å². The molecular weight excluding hydrogens is 374 g/mol. The minimum atomic E-state index is -2.54. The smallest absolute Gasteiger partial charge is 0.373 e. The zero-order valence-corrected chi connectivity index (χ0v) is 19.9. The molecule has 6 heteroatoms. The van der Waals surface area contributed by atoms with Crippen molar-refractivity contribution in [2.75, 3.05) is 25.5 Å². The van der Waals surface area contributed by atoms with Gasteiger partial charge in [-0.15, -0.1) is 0 Å². The summed E-state index contributed by atoms with van der Waals surface area (Å²) in [5, 5.41) is 0. The lowest BCUT2D eigenvalue weighted by Gasteiger charge is -2.32. The van der Waals surface area contributed by atoms with Crippen LogP contribution in [0.15, 0.2) is 0 Å². The maximum absolute atomic E-state index is 6.14. The molecule has 4 nitrogen and oxygen atoms in total. The Hall–Kier alpha value is 0.407. The molecule has 0 aliphatic carbocycles. The predicted octanol–water partition coefficient (Wildman–Crippen LogP) is 6.15. The third-order valence-electron chi connectivity index (χ3n) is 5.42. The van der Waals surface area contributed by atoms with E-state index in [1.54, 1.807) is 0 Å². The molecule has 1 rings (SSSR count). The van der Waals surface area contributed by atoms with Crippen molar-refractivity contribution in [3.8, 4) is 0 Å². The Balaban J connectivity index is 2.09. The Morgan fingerprint density at radius 1 is 0.963 bits per heavy atom. The van der Waals surface area contributed by atoms with Crippen LogP contribution in [0.4, 0.5) is 0 Å². The molecule has 0 aromatic rings. The number of rotatable bonds is 16. The fourth-order valence-electron chi connectivity index (χ4n) is 3.73. The van der Waals surface area contributed by atoms with Crippen LogP contribution in [0.5, 0.6) is 0 Å². The third kappa shape index (κ3) is 12.5. The number of unbranched alkanes of at least 4 members (excludes halogenated alkanes) is 9. The second-order valence-electron chi connectivity index (χ2n) is 7.87. The summed E-state index contributed by atoms with van der Waals surface area (Å²) in [5.74, 6) is 1.49. The van der Waals surface area contributed by atoms with Gasteiger partial charge in [0.2, 0.25) is 0 Å². The fraction of sp³-hybridized carbons (Fsp3) is 1.00. The molecule has 1 aliphatic heterocycles. The highest BCUT2D eigenvalue weighted by Gasteiger charge is 2.42. The van der Waals surface area contributed by atoms with E-state index in [1.165, 1.54) is 70.6 Å². The first kappa shape index (κ1) is 25.4. The van der Waals surface area contributed by atoms with Gasteiger partial charge in [-0.05, 0) is 37.9 Å². The zero-order valence-electron chi connectivity index (χ0n) is 18.0. The van der Waals surface area contributed by atoms with Crippen molar-refractivity contribution in [2.45, 2.75) is 103 Å². The first-order chi connectivity index (χ1) is 13.3. The Morgan fingerprint density at radius 3 is 2.26 bits per heavy atom. The quantitative estimate of drug-likeness (QED) is 0.179. The normalized spacial score (nSPS) is 23.9. The van der Waals surface area contributed by atoms with E-state index in [2.05, 4.69) is 25.0 Å². The minimum Gasteiger partial charge on any atom is -0.373 e. The predicted molar refractivity (Wildman–Crippen MR) is 120 cm³/mol. The van der Waals surface area contributed by atoms with E-state index in [0.29, 0.717) is 12.5 Å². The lowest BCUT2D eigenvalue weighted by Crippen LogP contribution is -2.52. The van der Waals surface area contributed by atoms with Gasteiger partial charge in [-0.25, -0.2) is 5.48 Å². The van der Waals surface area contributed by atoms with Crippen LogP contribution in [0.3, 0.4) is 0 Å². The summed E-state index contributed by atoms with van der Waals surface area (Å²) in [6, 6.07) is 0.848. The number of hydroxylamine groups is 1. The standard InChI is InChI=1S/C21H45NO3SSi/c1-3-5-6-7-8-9-10-11-12-13-15-21-16-17-24-27(23-4-2,19-14-18-26)25-22-20-21/h21-22,26H,3-20H2,1-2H3. The molecule has 0 saturated carbocycles. The molecule has 162 valence electrons. The number of nitrogens with one attached hydrogen (secondary N) is 1. The summed E-state index contributed by atoms with van der Waals surface area (Å²) in [6.07, 6.45) is 17.3. The molecule has 1 N–H and O–H groups in total. The first-order valence-electron chi connectivity index (χ1n) is 11.6. The molecule has 1 fully saturated rings. The highest BCUT2D eigenvalue weighted by Crippen LogP contribution is 2.23. The first-order valence-corrected chi connectivity index (χ1v) is 14.1. The van der Waals surface area contributed by atoms with E-state index in [4.69, 9.17) is 13.4 Å². The molecule has 0 amide bonds. The summed E-state index contributed by atoms with van der Waals surface area (Å²) in [6.45, 7) is 6.62. The Kier molecular flexibility index (Phi) is 16.3. The van der Waals surface area contributed by atoms with Gasteiger partial charge in [0, 0.05) is 25.8 Å². The van der Waals surface area contributed by atoms with E-state index in [0.717, 1.165) is 37.8 Å². The summed E-state index contributed by atoms with van der Waals surface area (Å²) < 4.78 is 18.0. The van der Waals surface area contributed by atoms with Crippen LogP contribution in [-0.4, -0.2) is 34.3 Å². The Labute approximate surface area is 175 Å². The van der Waals surface area contributed by atoms with Crippen LogP contribution < -0.4 is 5.48 Å². The van der Waals surface area contributed by atoms with Crippen molar-refractivity contribution >= 4 is 21.4 Å². The van der Waals surface area contributed by atoms with Crippen molar-refractivity contribution in [3.63, 3.8) is 0 Å². The summed E-state index contributed by atoms with van der Waals surface area (Å²) in [4.78, 5) is 0. The summed E-state index contributed by atoms with van der Waals surface area (Å²) >= 11 is 4.31. The van der Waals surface area contributed by atoms with Gasteiger partial charge in [0.25, 0.3) is 0 Å². The summed E-state index contributed by atoms with van der Waals surface area (Å²) in [5.41, 5.74) is 3.19. The molecule has 0 spiro atoms. The zero-order chi connectivity index (χ0) is 19.6. The molecule has 2 unspecified atom stereocenters. The Morgan fingerprint density at radius 2 is 1.63 bits per heavy atom. The van der Waals surface area contributed by atoms with Gasteiger partial charge >= 0.3 is 8.80 Å². The van der Waals surface area contributed by atoms with Gasteiger partial charge in [0.05, 0.1) is 0 Å².